The van der Waals surface area contributed by atoms with Crippen LogP contribution < -0.4 is 15.8 Å². The molecule has 0 spiro atoms. The summed E-state index contributed by atoms with van der Waals surface area (Å²) in [5, 5.41) is 2.55. The molecule has 0 fully saturated rings. The molecule has 8 nitrogen and oxygen atoms in total. The van der Waals surface area contributed by atoms with Crippen LogP contribution in [0.1, 0.15) is 20.7 Å². The number of Topliss-reactive ketones (excluding diaryl/α,β-unsaturated/α-hetero) is 2. The van der Waals surface area contributed by atoms with E-state index in [0.29, 0.717) is 11.4 Å². The van der Waals surface area contributed by atoms with E-state index in [0.717, 1.165) is 0 Å². The fourth-order valence-electron chi connectivity index (χ4n) is 3.01. The van der Waals surface area contributed by atoms with E-state index in [9.17, 15) is 18.0 Å². The number of sulfonamides is 1. The second-order valence-corrected chi connectivity index (χ2v) is 8.68. The van der Waals surface area contributed by atoms with Crippen molar-refractivity contribution < 1.29 is 18.0 Å². The number of aromatic nitrogens is 1. The summed E-state index contributed by atoms with van der Waals surface area (Å²) in [6.07, 6.45) is 1.47. The molecule has 0 radical (unpaired) electrons. The summed E-state index contributed by atoms with van der Waals surface area (Å²) in [5.41, 5.74) is 6.67. The number of anilines is 3. The lowest BCUT2D eigenvalue weighted by atomic mass is 9.92. The summed E-state index contributed by atoms with van der Waals surface area (Å²) >= 11 is 6.14. The average molecular weight is 455 g/mol. The van der Waals surface area contributed by atoms with Crippen molar-refractivity contribution in [3.8, 4) is 0 Å². The van der Waals surface area contributed by atoms with Gasteiger partial charge in [-0.2, -0.15) is 0 Å². The van der Waals surface area contributed by atoms with Crippen LogP contribution in [0.15, 0.2) is 82.5 Å². The first-order valence-corrected chi connectivity index (χ1v) is 10.8. The zero-order chi connectivity index (χ0) is 22.2. The molecule has 1 aliphatic carbocycles. The van der Waals surface area contributed by atoms with Gasteiger partial charge >= 0.3 is 0 Å². The Bertz CT molecular complexity index is 1340. The zero-order valence-electron chi connectivity index (χ0n) is 15.8. The number of allylic oxidation sites excluding steroid dienone is 2. The van der Waals surface area contributed by atoms with Gasteiger partial charge in [-0.15, -0.1) is 0 Å². The Balaban J connectivity index is 1.58. The molecule has 0 atom stereocenters. The number of pyridine rings is 1. The number of carbonyl (C=O) groups is 2. The Morgan fingerprint density at radius 3 is 2.32 bits per heavy atom. The van der Waals surface area contributed by atoms with Crippen molar-refractivity contribution in [1.29, 1.82) is 0 Å². The van der Waals surface area contributed by atoms with Gasteiger partial charge in [-0.25, -0.2) is 13.4 Å². The van der Waals surface area contributed by atoms with Gasteiger partial charge in [-0.05, 0) is 54.6 Å². The molecule has 4 rings (SSSR count). The Hall–Kier alpha value is -3.69. The van der Waals surface area contributed by atoms with Gasteiger partial charge in [-0.1, -0.05) is 17.7 Å². The molecule has 1 heterocycles. The van der Waals surface area contributed by atoms with Gasteiger partial charge in [0.2, 0.25) is 11.6 Å². The first-order valence-electron chi connectivity index (χ1n) is 8.96. The van der Waals surface area contributed by atoms with E-state index in [1.165, 1.54) is 54.7 Å². The van der Waals surface area contributed by atoms with Crippen LogP contribution in [0.2, 0.25) is 0 Å². The summed E-state index contributed by atoms with van der Waals surface area (Å²) < 4.78 is 27.4. The van der Waals surface area contributed by atoms with Crippen molar-refractivity contribution in [3.05, 3.63) is 88.7 Å². The highest BCUT2D eigenvalue weighted by molar-refractivity contribution is 7.92. The number of fused-ring (bicyclic) bond motifs is 1. The first-order chi connectivity index (χ1) is 14.8. The topological polar surface area (TPSA) is 131 Å². The number of hydrogen-bond donors (Lipinski definition) is 3. The number of benzene rings is 2. The van der Waals surface area contributed by atoms with Gasteiger partial charge in [-0.3, -0.25) is 14.3 Å². The number of nitrogens with zero attached hydrogens (tertiary/aromatic N) is 1. The number of hydrogen-bond acceptors (Lipinski definition) is 7. The maximum atomic E-state index is 12.8. The van der Waals surface area contributed by atoms with Gasteiger partial charge in [0.15, 0.2) is 0 Å². The van der Waals surface area contributed by atoms with E-state index in [4.69, 9.17) is 17.3 Å². The lowest BCUT2D eigenvalue weighted by Crippen LogP contribution is -2.24. The summed E-state index contributed by atoms with van der Waals surface area (Å²) in [7, 11) is -3.85. The van der Waals surface area contributed by atoms with E-state index in [-0.39, 0.29) is 32.6 Å². The molecule has 4 N–H and O–H groups in total. The van der Waals surface area contributed by atoms with Crippen LogP contribution in [-0.2, 0) is 10.0 Å². The van der Waals surface area contributed by atoms with Crippen molar-refractivity contribution in [3.63, 3.8) is 0 Å². The second kappa shape index (κ2) is 7.86. The van der Waals surface area contributed by atoms with Gasteiger partial charge in [0.1, 0.15) is 16.5 Å². The number of carbonyl (C=O) groups excluding carboxylic acids is 2. The molecule has 156 valence electrons. The highest BCUT2D eigenvalue weighted by atomic mass is 35.5. The summed E-state index contributed by atoms with van der Waals surface area (Å²) in [4.78, 5) is 29.3. The quantitative estimate of drug-likeness (QED) is 0.503. The van der Waals surface area contributed by atoms with Crippen LogP contribution in [0.5, 0.6) is 0 Å². The largest absolute Gasteiger partial charge is 0.399 e. The van der Waals surface area contributed by atoms with Crippen molar-refractivity contribution in [2.45, 2.75) is 4.90 Å². The van der Waals surface area contributed by atoms with E-state index in [1.807, 2.05) is 0 Å². The standard InChI is InChI=1S/C21H15ClN4O4S/c22-18-19(21(28)16-11-12(23)4-9-15(16)20(18)27)25-13-5-7-14(8-6-13)31(29,30)26-17-3-1-2-10-24-17/h1-11,25H,23H2,(H,24,26). The Kier molecular flexibility index (Phi) is 5.22. The number of nitrogen functional groups attached to an aromatic ring is 1. The maximum absolute atomic E-state index is 12.8. The number of ketones is 2. The minimum Gasteiger partial charge on any atom is -0.399 e. The molecule has 0 unspecified atom stereocenters. The van der Waals surface area contributed by atoms with Crippen LogP contribution >= 0.6 is 11.6 Å². The Morgan fingerprint density at radius 2 is 1.65 bits per heavy atom. The molecule has 2 aromatic carbocycles. The van der Waals surface area contributed by atoms with Crippen molar-refractivity contribution in [2.24, 2.45) is 0 Å². The predicted octanol–water partition coefficient (Wildman–Crippen LogP) is 3.41. The monoisotopic (exact) mass is 454 g/mol. The lowest BCUT2D eigenvalue weighted by molar-refractivity contribution is 0.0982. The summed E-state index contributed by atoms with van der Waals surface area (Å²) in [6, 6.07) is 14.9. The van der Waals surface area contributed by atoms with Crippen LogP contribution in [0, 0.1) is 0 Å². The third-order valence-corrected chi connectivity index (χ3v) is 6.25. The van der Waals surface area contributed by atoms with Gasteiger partial charge in [0.25, 0.3) is 10.0 Å². The van der Waals surface area contributed by atoms with Crippen LogP contribution in [0.4, 0.5) is 17.2 Å². The van der Waals surface area contributed by atoms with Gasteiger partial charge in [0.05, 0.1) is 4.90 Å². The van der Waals surface area contributed by atoms with Crippen molar-refractivity contribution in [2.75, 3.05) is 15.8 Å². The van der Waals surface area contributed by atoms with Crippen LogP contribution in [0.3, 0.4) is 0 Å². The highest BCUT2D eigenvalue weighted by Crippen LogP contribution is 2.31. The minimum atomic E-state index is -3.85. The molecule has 0 saturated heterocycles. The fraction of sp³-hybridized carbons (Fsp3) is 0. The number of nitrogens with one attached hydrogen (secondary N) is 2. The van der Waals surface area contributed by atoms with E-state index in [1.54, 1.807) is 12.1 Å². The SMILES string of the molecule is Nc1ccc2c(c1)C(=O)C(Nc1ccc(S(=O)(=O)Nc3ccccn3)cc1)=C(Cl)C2=O. The molecular weight excluding hydrogens is 440 g/mol. The second-order valence-electron chi connectivity index (χ2n) is 6.62. The van der Waals surface area contributed by atoms with E-state index < -0.39 is 21.6 Å². The molecule has 0 saturated carbocycles. The predicted molar refractivity (Wildman–Crippen MR) is 118 cm³/mol. The zero-order valence-corrected chi connectivity index (χ0v) is 17.4. The normalized spacial score (nSPS) is 13.7. The molecule has 0 amide bonds. The van der Waals surface area contributed by atoms with E-state index in [2.05, 4.69) is 15.0 Å². The first kappa shape index (κ1) is 20.6. The van der Waals surface area contributed by atoms with Gasteiger partial charge < -0.3 is 11.1 Å². The summed E-state index contributed by atoms with van der Waals surface area (Å²) in [5.74, 6) is -0.802. The maximum Gasteiger partial charge on any atom is 0.263 e. The van der Waals surface area contributed by atoms with Crippen LogP contribution in [0.25, 0.3) is 0 Å². The van der Waals surface area contributed by atoms with Crippen molar-refractivity contribution >= 4 is 50.4 Å². The average Bonchev–Trinajstić information content (AvgIpc) is 2.76. The smallest absolute Gasteiger partial charge is 0.263 e. The molecular formula is C21H15ClN4O4S. The fourth-order valence-corrected chi connectivity index (χ4v) is 4.25. The lowest BCUT2D eigenvalue weighted by Gasteiger charge is -2.19. The Labute approximate surface area is 182 Å². The summed E-state index contributed by atoms with van der Waals surface area (Å²) in [6.45, 7) is 0. The number of rotatable bonds is 5. The molecule has 10 heteroatoms. The van der Waals surface area contributed by atoms with Crippen molar-refractivity contribution in [1.82, 2.24) is 4.98 Å². The number of halogens is 1. The molecule has 3 aromatic rings. The highest BCUT2D eigenvalue weighted by Gasteiger charge is 2.31. The number of nitrogens with two attached hydrogens (primary N) is 1. The Morgan fingerprint density at radius 1 is 0.903 bits per heavy atom. The van der Waals surface area contributed by atoms with Crippen LogP contribution in [-0.4, -0.2) is 25.0 Å². The molecule has 31 heavy (non-hydrogen) atoms. The molecule has 0 aliphatic heterocycles. The third kappa shape index (κ3) is 4.00. The third-order valence-electron chi connectivity index (χ3n) is 4.52. The van der Waals surface area contributed by atoms with Gasteiger partial charge in [0, 0.05) is 28.7 Å². The molecule has 0 bridgehead atoms. The minimum absolute atomic E-state index is 0.00653. The molecule has 1 aliphatic rings. The van der Waals surface area contributed by atoms with E-state index >= 15 is 0 Å². The molecule has 1 aromatic heterocycles.